The molecule has 0 radical (unpaired) electrons. The average Bonchev–Trinajstić information content (AvgIpc) is 3.25. The third-order valence-electron chi connectivity index (χ3n) is 5.17. The molecule has 2 N–H and O–H groups in total. The predicted octanol–water partition coefficient (Wildman–Crippen LogP) is 3.87. The zero-order chi connectivity index (χ0) is 21.1. The SMILES string of the molecule is CCCc1c(C(=O)Nc2ccc(N3CCCC3=O)c(OC)c2)[nH]c(C)c1C(C)=O. The quantitative estimate of drug-likeness (QED) is 0.694. The molecule has 1 saturated heterocycles. The molecule has 0 spiro atoms. The summed E-state index contributed by atoms with van der Waals surface area (Å²) in [6.07, 6.45) is 2.82. The number of rotatable bonds is 7. The number of benzene rings is 1. The molecule has 154 valence electrons. The molecule has 0 bridgehead atoms. The van der Waals surface area contributed by atoms with Crippen molar-refractivity contribution in [3.05, 3.63) is 40.7 Å². The second-order valence-electron chi connectivity index (χ2n) is 7.27. The predicted molar refractivity (Wildman–Crippen MR) is 112 cm³/mol. The van der Waals surface area contributed by atoms with Crippen molar-refractivity contribution in [3.8, 4) is 5.75 Å². The first-order valence-corrected chi connectivity index (χ1v) is 9.89. The molecule has 29 heavy (non-hydrogen) atoms. The number of anilines is 2. The fraction of sp³-hybridized carbons (Fsp3) is 0.409. The lowest BCUT2D eigenvalue weighted by Crippen LogP contribution is -2.24. The topological polar surface area (TPSA) is 91.5 Å². The van der Waals surface area contributed by atoms with E-state index in [0.717, 1.165) is 18.4 Å². The van der Waals surface area contributed by atoms with Crippen LogP contribution < -0.4 is 15.0 Å². The third kappa shape index (κ3) is 4.04. The van der Waals surface area contributed by atoms with Crippen LogP contribution in [0.25, 0.3) is 0 Å². The van der Waals surface area contributed by atoms with Crippen LogP contribution in [0.4, 0.5) is 11.4 Å². The van der Waals surface area contributed by atoms with Gasteiger partial charge in [-0.3, -0.25) is 14.4 Å². The molecule has 1 aliphatic rings. The summed E-state index contributed by atoms with van der Waals surface area (Å²) in [6.45, 7) is 5.99. The molecule has 2 amide bonds. The van der Waals surface area contributed by atoms with Crippen LogP contribution in [-0.2, 0) is 11.2 Å². The van der Waals surface area contributed by atoms with E-state index in [4.69, 9.17) is 4.74 Å². The minimum Gasteiger partial charge on any atom is -0.494 e. The van der Waals surface area contributed by atoms with Crippen LogP contribution in [0.3, 0.4) is 0 Å². The minimum atomic E-state index is -0.309. The van der Waals surface area contributed by atoms with E-state index >= 15 is 0 Å². The Balaban J connectivity index is 1.89. The van der Waals surface area contributed by atoms with E-state index in [2.05, 4.69) is 10.3 Å². The second kappa shape index (κ2) is 8.51. The molecule has 0 aliphatic carbocycles. The van der Waals surface area contributed by atoms with Gasteiger partial charge in [-0.1, -0.05) is 13.3 Å². The van der Waals surface area contributed by atoms with Crippen molar-refractivity contribution in [1.29, 1.82) is 0 Å². The lowest BCUT2D eigenvalue weighted by Gasteiger charge is -2.19. The number of amides is 2. The molecule has 0 saturated carbocycles. The number of nitrogens with one attached hydrogen (secondary N) is 2. The van der Waals surface area contributed by atoms with Gasteiger partial charge in [0.25, 0.3) is 5.91 Å². The number of methoxy groups -OCH3 is 1. The van der Waals surface area contributed by atoms with Crippen molar-refractivity contribution >= 4 is 29.0 Å². The van der Waals surface area contributed by atoms with Crippen molar-refractivity contribution in [2.24, 2.45) is 0 Å². The molecule has 1 fully saturated rings. The molecular weight excluding hydrogens is 370 g/mol. The summed E-state index contributed by atoms with van der Waals surface area (Å²) in [5, 5.41) is 2.88. The van der Waals surface area contributed by atoms with Gasteiger partial charge in [-0.15, -0.1) is 0 Å². The fourth-order valence-corrected chi connectivity index (χ4v) is 3.92. The van der Waals surface area contributed by atoms with Gasteiger partial charge in [0, 0.05) is 36.0 Å². The van der Waals surface area contributed by atoms with Crippen molar-refractivity contribution in [2.75, 3.05) is 23.9 Å². The van der Waals surface area contributed by atoms with Gasteiger partial charge in [0.15, 0.2) is 5.78 Å². The van der Waals surface area contributed by atoms with E-state index in [1.807, 2.05) is 6.92 Å². The lowest BCUT2D eigenvalue weighted by atomic mass is 10.0. The number of aromatic amines is 1. The van der Waals surface area contributed by atoms with Gasteiger partial charge >= 0.3 is 0 Å². The number of hydrogen-bond donors (Lipinski definition) is 2. The first-order chi connectivity index (χ1) is 13.9. The highest BCUT2D eigenvalue weighted by Gasteiger charge is 2.25. The van der Waals surface area contributed by atoms with Gasteiger partial charge in [0.2, 0.25) is 5.91 Å². The molecule has 2 heterocycles. The van der Waals surface area contributed by atoms with Crippen LogP contribution in [0.15, 0.2) is 18.2 Å². The number of Topliss-reactive ketones (excluding diaryl/α,β-unsaturated/α-hetero) is 1. The fourth-order valence-electron chi connectivity index (χ4n) is 3.92. The molecule has 7 heteroatoms. The molecule has 1 aromatic carbocycles. The van der Waals surface area contributed by atoms with E-state index < -0.39 is 0 Å². The lowest BCUT2D eigenvalue weighted by molar-refractivity contribution is -0.117. The zero-order valence-electron chi connectivity index (χ0n) is 17.3. The van der Waals surface area contributed by atoms with Gasteiger partial charge in [-0.05, 0) is 44.4 Å². The first-order valence-electron chi connectivity index (χ1n) is 9.89. The Hall–Kier alpha value is -3.09. The van der Waals surface area contributed by atoms with Crippen molar-refractivity contribution < 1.29 is 19.1 Å². The molecule has 1 aromatic heterocycles. The summed E-state index contributed by atoms with van der Waals surface area (Å²) < 4.78 is 5.45. The number of ether oxygens (including phenoxy) is 1. The maximum absolute atomic E-state index is 12.9. The van der Waals surface area contributed by atoms with E-state index in [1.165, 1.54) is 14.0 Å². The normalized spacial score (nSPS) is 13.7. The molecule has 1 aliphatic heterocycles. The van der Waals surface area contributed by atoms with Crippen LogP contribution in [-0.4, -0.2) is 36.2 Å². The number of aromatic nitrogens is 1. The summed E-state index contributed by atoms with van der Waals surface area (Å²) in [4.78, 5) is 41.8. The van der Waals surface area contributed by atoms with Crippen molar-refractivity contribution in [1.82, 2.24) is 4.98 Å². The number of ketones is 1. The maximum Gasteiger partial charge on any atom is 0.272 e. The van der Waals surface area contributed by atoms with E-state index in [1.54, 1.807) is 30.0 Å². The third-order valence-corrected chi connectivity index (χ3v) is 5.17. The van der Waals surface area contributed by atoms with Crippen LogP contribution in [0, 0.1) is 6.92 Å². The number of carbonyl (C=O) groups excluding carboxylic acids is 3. The Morgan fingerprint density at radius 1 is 1.31 bits per heavy atom. The summed E-state index contributed by atoms with van der Waals surface area (Å²) in [6, 6.07) is 5.24. The molecular formula is C22H27N3O4. The van der Waals surface area contributed by atoms with Gasteiger partial charge < -0.3 is 19.9 Å². The monoisotopic (exact) mass is 397 g/mol. The largest absolute Gasteiger partial charge is 0.494 e. The smallest absolute Gasteiger partial charge is 0.272 e. The second-order valence-corrected chi connectivity index (χ2v) is 7.27. The summed E-state index contributed by atoms with van der Waals surface area (Å²) in [5.74, 6) is 0.237. The Kier molecular flexibility index (Phi) is 6.06. The highest BCUT2D eigenvalue weighted by atomic mass is 16.5. The van der Waals surface area contributed by atoms with Gasteiger partial charge in [0.05, 0.1) is 12.8 Å². The van der Waals surface area contributed by atoms with Crippen LogP contribution >= 0.6 is 0 Å². The van der Waals surface area contributed by atoms with Gasteiger partial charge in [-0.2, -0.15) is 0 Å². The maximum atomic E-state index is 12.9. The molecule has 3 rings (SSSR count). The molecule has 2 aromatic rings. The Morgan fingerprint density at radius 2 is 2.07 bits per heavy atom. The first kappa shape index (κ1) is 20.6. The van der Waals surface area contributed by atoms with E-state index in [9.17, 15) is 14.4 Å². The highest BCUT2D eigenvalue weighted by molar-refractivity contribution is 6.08. The van der Waals surface area contributed by atoms with Crippen molar-refractivity contribution in [2.45, 2.75) is 46.5 Å². The minimum absolute atomic E-state index is 0.0532. The summed E-state index contributed by atoms with van der Waals surface area (Å²) in [7, 11) is 1.54. The summed E-state index contributed by atoms with van der Waals surface area (Å²) in [5.41, 5.74) is 3.72. The Labute approximate surface area is 170 Å². The zero-order valence-corrected chi connectivity index (χ0v) is 17.3. The number of nitrogens with zero attached hydrogens (tertiary/aromatic N) is 1. The Bertz CT molecular complexity index is 961. The van der Waals surface area contributed by atoms with Crippen LogP contribution in [0.5, 0.6) is 5.75 Å². The number of hydrogen-bond acceptors (Lipinski definition) is 4. The van der Waals surface area contributed by atoms with Crippen LogP contribution in [0.2, 0.25) is 0 Å². The van der Waals surface area contributed by atoms with Crippen molar-refractivity contribution in [3.63, 3.8) is 0 Å². The highest BCUT2D eigenvalue weighted by Crippen LogP contribution is 2.34. The van der Waals surface area contributed by atoms with Crippen LogP contribution in [0.1, 0.15) is 65.2 Å². The van der Waals surface area contributed by atoms with E-state index in [0.29, 0.717) is 53.5 Å². The van der Waals surface area contributed by atoms with E-state index in [-0.39, 0.29) is 17.6 Å². The average molecular weight is 397 g/mol. The molecule has 0 unspecified atom stereocenters. The number of H-pyrrole nitrogens is 1. The standard InChI is InChI=1S/C22H27N3O4/c1-5-7-16-20(14(3)26)13(2)23-21(16)22(28)24-15-9-10-17(18(12-15)29-4)25-11-6-8-19(25)27/h9-10,12,23H,5-8,11H2,1-4H3,(H,24,28). The number of carbonyl (C=O) groups is 3. The molecule has 0 atom stereocenters. The van der Waals surface area contributed by atoms with Gasteiger partial charge in [-0.25, -0.2) is 0 Å². The molecule has 7 nitrogen and oxygen atoms in total. The number of aryl methyl sites for hydroxylation is 1. The van der Waals surface area contributed by atoms with Gasteiger partial charge in [0.1, 0.15) is 11.4 Å². The Morgan fingerprint density at radius 3 is 2.66 bits per heavy atom. The summed E-state index contributed by atoms with van der Waals surface area (Å²) >= 11 is 0.